The van der Waals surface area contributed by atoms with Crippen molar-refractivity contribution in [3.63, 3.8) is 0 Å². The number of ether oxygens (including phenoxy) is 1. The van der Waals surface area contributed by atoms with Gasteiger partial charge in [-0.15, -0.1) is 0 Å². The van der Waals surface area contributed by atoms with Gasteiger partial charge < -0.3 is 10.1 Å². The molecular formula is C22H25N3O4. The van der Waals surface area contributed by atoms with Gasteiger partial charge in [-0.2, -0.15) is 0 Å². The smallest absolute Gasteiger partial charge is 0.331 e. The van der Waals surface area contributed by atoms with Gasteiger partial charge in [-0.25, -0.2) is 4.79 Å². The van der Waals surface area contributed by atoms with Crippen molar-refractivity contribution < 1.29 is 9.53 Å². The molecule has 0 aliphatic carbocycles. The van der Waals surface area contributed by atoms with Crippen molar-refractivity contribution in [3.8, 4) is 5.75 Å². The van der Waals surface area contributed by atoms with Gasteiger partial charge >= 0.3 is 5.69 Å². The summed E-state index contributed by atoms with van der Waals surface area (Å²) in [5.74, 6) is 0.263. The van der Waals surface area contributed by atoms with Crippen LogP contribution in [0, 0.1) is 0 Å². The molecule has 7 heteroatoms. The first-order chi connectivity index (χ1) is 14.0. The number of benzene rings is 2. The maximum absolute atomic E-state index is 13.0. The van der Waals surface area contributed by atoms with Crippen LogP contribution in [0.1, 0.15) is 26.2 Å². The molecular weight excluding hydrogens is 370 g/mol. The minimum absolute atomic E-state index is 0.190. The Morgan fingerprint density at radius 2 is 1.83 bits per heavy atom. The van der Waals surface area contributed by atoms with Crippen LogP contribution in [-0.2, 0) is 17.9 Å². The third-order valence-electron chi connectivity index (χ3n) is 4.77. The van der Waals surface area contributed by atoms with E-state index in [2.05, 4.69) is 12.2 Å². The van der Waals surface area contributed by atoms with E-state index in [1.54, 1.807) is 55.6 Å². The van der Waals surface area contributed by atoms with Crippen LogP contribution in [0.2, 0.25) is 0 Å². The Hall–Kier alpha value is -3.35. The van der Waals surface area contributed by atoms with E-state index >= 15 is 0 Å². The quantitative estimate of drug-likeness (QED) is 0.595. The SMILES string of the molecule is CCCCCn1c(=O)c2ccccc2n(CC(=O)Nc2cccc(OC)c2)c1=O. The predicted molar refractivity (Wildman–Crippen MR) is 114 cm³/mol. The molecule has 7 nitrogen and oxygen atoms in total. The highest BCUT2D eigenvalue weighted by molar-refractivity contribution is 5.91. The number of carbonyl (C=O) groups is 1. The monoisotopic (exact) mass is 395 g/mol. The second-order valence-electron chi connectivity index (χ2n) is 6.83. The lowest BCUT2D eigenvalue weighted by Crippen LogP contribution is -2.41. The number of carbonyl (C=O) groups excluding carboxylic acids is 1. The summed E-state index contributed by atoms with van der Waals surface area (Å²) in [4.78, 5) is 38.4. The Morgan fingerprint density at radius 1 is 1.03 bits per heavy atom. The van der Waals surface area contributed by atoms with Crippen LogP contribution in [0.4, 0.5) is 5.69 Å². The van der Waals surface area contributed by atoms with Gasteiger partial charge in [0.2, 0.25) is 5.91 Å². The van der Waals surface area contributed by atoms with Gasteiger partial charge in [-0.1, -0.05) is 38.0 Å². The van der Waals surface area contributed by atoms with Crippen molar-refractivity contribution in [1.29, 1.82) is 0 Å². The zero-order valence-electron chi connectivity index (χ0n) is 16.7. The number of fused-ring (bicyclic) bond motifs is 1. The van der Waals surface area contributed by atoms with Crippen molar-refractivity contribution in [2.45, 2.75) is 39.3 Å². The molecule has 0 unspecified atom stereocenters. The molecule has 3 rings (SSSR count). The summed E-state index contributed by atoms with van der Waals surface area (Å²) in [7, 11) is 1.55. The molecule has 152 valence electrons. The molecule has 0 aliphatic heterocycles. The summed E-state index contributed by atoms with van der Waals surface area (Å²) < 4.78 is 7.75. The van der Waals surface area contributed by atoms with Crippen LogP contribution in [0.5, 0.6) is 5.75 Å². The molecule has 1 N–H and O–H groups in total. The Labute approximate surface area is 168 Å². The Kier molecular flexibility index (Phi) is 6.49. The lowest BCUT2D eigenvalue weighted by atomic mass is 10.2. The van der Waals surface area contributed by atoms with Gasteiger partial charge in [0.1, 0.15) is 12.3 Å². The Morgan fingerprint density at radius 3 is 2.59 bits per heavy atom. The number of rotatable bonds is 8. The van der Waals surface area contributed by atoms with Crippen molar-refractivity contribution in [1.82, 2.24) is 9.13 Å². The van der Waals surface area contributed by atoms with E-state index in [4.69, 9.17) is 4.74 Å². The highest BCUT2D eigenvalue weighted by atomic mass is 16.5. The normalized spacial score (nSPS) is 10.8. The lowest BCUT2D eigenvalue weighted by molar-refractivity contribution is -0.116. The average molecular weight is 395 g/mol. The third kappa shape index (κ3) is 4.56. The van der Waals surface area contributed by atoms with Gasteiger partial charge in [0.05, 0.1) is 18.0 Å². The van der Waals surface area contributed by atoms with Crippen LogP contribution in [-0.4, -0.2) is 22.2 Å². The zero-order chi connectivity index (χ0) is 20.8. The second-order valence-corrected chi connectivity index (χ2v) is 6.83. The van der Waals surface area contributed by atoms with Crippen LogP contribution in [0.25, 0.3) is 10.9 Å². The van der Waals surface area contributed by atoms with Crippen molar-refractivity contribution in [2.24, 2.45) is 0 Å². The Bertz CT molecular complexity index is 1130. The maximum Gasteiger partial charge on any atom is 0.331 e. The molecule has 2 aromatic carbocycles. The summed E-state index contributed by atoms with van der Waals surface area (Å²) in [5.41, 5.74) is 0.245. The van der Waals surface area contributed by atoms with Crippen molar-refractivity contribution in [3.05, 3.63) is 69.4 Å². The van der Waals surface area contributed by atoms with E-state index in [9.17, 15) is 14.4 Å². The minimum Gasteiger partial charge on any atom is -0.497 e. The first kappa shape index (κ1) is 20.4. The van der Waals surface area contributed by atoms with E-state index in [0.29, 0.717) is 28.9 Å². The molecule has 1 aromatic heterocycles. The summed E-state index contributed by atoms with van der Waals surface area (Å²) in [5, 5.41) is 3.21. The second kappa shape index (κ2) is 9.23. The first-order valence-corrected chi connectivity index (χ1v) is 9.71. The van der Waals surface area contributed by atoms with Gasteiger partial charge in [-0.3, -0.25) is 18.7 Å². The van der Waals surface area contributed by atoms with E-state index in [1.807, 2.05) is 0 Å². The largest absolute Gasteiger partial charge is 0.497 e. The average Bonchev–Trinajstić information content (AvgIpc) is 2.73. The number of hydrogen-bond acceptors (Lipinski definition) is 4. The fourth-order valence-corrected chi connectivity index (χ4v) is 3.29. The zero-order valence-corrected chi connectivity index (χ0v) is 16.7. The highest BCUT2D eigenvalue weighted by Crippen LogP contribution is 2.17. The summed E-state index contributed by atoms with van der Waals surface area (Å²) in [6, 6.07) is 13.9. The van der Waals surface area contributed by atoms with Crippen LogP contribution >= 0.6 is 0 Å². The van der Waals surface area contributed by atoms with Crippen molar-refractivity contribution >= 4 is 22.5 Å². The number of nitrogens with zero attached hydrogens (tertiary/aromatic N) is 2. The molecule has 29 heavy (non-hydrogen) atoms. The first-order valence-electron chi connectivity index (χ1n) is 9.71. The molecule has 0 spiro atoms. The summed E-state index contributed by atoms with van der Waals surface area (Å²) in [6.45, 7) is 2.21. The maximum atomic E-state index is 13.0. The molecule has 0 aliphatic rings. The molecule has 1 amide bonds. The van der Waals surface area contributed by atoms with Gasteiger partial charge in [0.25, 0.3) is 5.56 Å². The van der Waals surface area contributed by atoms with Crippen LogP contribution in [0.3, 0.4) is 0 Å². The van der Waals surface area contributed by atoms with Gasteiger partial charge in [-0.05, 0) is 30.7 Å². The standard InChI is InChI=1S/C22H25N3O4/c1-3-4-7-13-24-21(27)18-11-5-6-12-19(18)25(22(24)28)15-20(26)23-16-9-8-10-17(14-16)29-2/h5-6,8-12,14H,3-4,7,13,15H2,1-2H3,(H,23,26). The summed E-state index contributed by atoms with van der Waals surface area (Å²) >= 11 is 0. The molecule has 0 atom stereocenters. The molecule has 3 aromatic rings. The number of anilines is 1. The number of amides is 1. The summed E-state index contributed by atoms with van der Waals surface area (Å²) in [6.07, 6.45) is 2.65. The molecule has 0 bridgehead atoms. The third-order valence-corrected chi connectivity index (χ3v) is 4.77. The lowest BCUT2D eigenvalue weighted by Gasteiger charge is -2.14. The molecule has 0 radical (unpaired) electrons. The topological polar surface area (TPSA) is 82.3 Å². The molecule has 1 heterocycles. The van der Waals surface area contributed by atoms with Crippen LogP contribution < -0.4 is 21.3 Å². The minimum atomic E-state index is -0.467. The predicted octanol–water partition coefficient (Wildman–Crippen LogP) is 3.00. The van der Waals surface area contributed by atoms with Crippen molar-refractivity contribution in [2.75, 3.05) is 12.4 Å². The number of hydrogen-bond donors (Lipinski definition) is 1. The fraction of sp³-hybridized carbons (Fsp3) is 0.318. The number of nitrogens with one attached hydrogen (secondary N) is 1. The van der Waals surface area contributed by atoms with Gasteiger partial charge in [0, 0.05) is 18.3 Å². The number of para-hydroxylation sites is 1. The molecule has 0 saturated heterocycles. The fourth-order valence-electron chi connectivity index (χ4n) is 3.29. The highest BCUT2D eigenvalue weighted by Gasteiger charge is 2.15. The number of aromatic nitrogens is 2. The van der Waals surface area contributed by atoms with Crippen LogP contribution in [0.15, 0.2) is 58.1 Å². The molecule has 0 saturated carbocycles. The van der Waals surface area contributed by atoms with E-state index in [-0.39, 0.29) is 18.0 Å². The van der Waals surface area contributed by atoms with Gasteiger partial charge in [0.15, 0.2) is 0 Å². The van der Waals surface area contributed by atoms with E-state index < -0.39 is 5.69 Å². The molecule has 0 fully saturated rings. The number of methoxy groups -OCH3 is 1. The van der Waals surface area contributed by atoms with E-state index in [0.717, 1.165) is 19.3 Å². The van der Waals surface area contributed by atoms with E-state index in [1.165, 1.54) is 9.13 Å². The Balaban J connectivity index is 1.96. The number of unbranched alkanes of at least 4 members (excludes halogenated alkanes) is 2.